The average molecular weight is 189 g/mol. The predicted octanol–water partition coefficient (Wildman–Crippen LogP) is 3.43. The molecule has 0 spiro atoms. The first-order valence-corrected chi connectivity index (χ1v) is 3.47. The quantitative estimate of drug-likeness (QED) is 0.596. The van der Waals surface area contributed by atoms with Crippen LogP contribution in [0.25, 0.3) is 0 Å². The van der Waals surface area contributed by atoms with Crippen LogP contribution < -0.4 is 0 Å². The minimum Gasteiger partial charge on any atom is -0.196 e. The molecule has 0 heterocycles. The second kappa shape index (κ2) is 3.58. The van der Waals surface area contributed by atoms with Gasteiger partial charge in [0, 0.05) is 5.92 Å². The molecule has 0 nitrogen and oxygen atoms in total. The third-order valence-corrected chi connectivity index (χ3v) is 1.63. The Balaban J connectivity index is 4.38. The summed E-state index contributed by atoms with van der Waals surface area (Å²) in [5.74, 6) is -6.29. The Labute approximate surface area is 67.8 Å². The summed E-state index contributed by atoms with van der Waals surface area (Å²) < 4.78 is 59.6. The predicted molar refractivity (Wildman–Crippen MR) is 34.8 cm³/mol. The van der Waals surface area contributed by atoms with Crippen LogP contribution in [0.3, 0.4) is 0 Å². The summed E-state index contributed by atoms with van der Waals surface area (Å²) >= 11 is 0. The Kier molecular flexibility index (Phi) is 3.47. The van der Waals surface area contributed by atoms with Crippen LogP contribution in [0.2, 0.25) is 0 Å². The van der Waals surface area contributed by atoms with Crippen molar-refractivity contribution in [2.75, 3.05) is 0 Å². The van der Waals surface area contributed by atoms with Gasteiger partial charge >= 0.3 is 12.1 Å². The molecule has 1 radical (unpaired) electrons. The van der Waals surface area contributed by atoms with E-state index in [1.807, 2.05) is 0 Å². The lowest BCUT2D eigenvalue weighted by Crippen LogP contribution is -2.42. The van der Waals surface area contributed by atoms with Gasteiger partial charge in [0.1, 0.15) is 0 Å². The highest BCUT2D eigenvalue weighted by atomic mass is 19.4. The average Bonchev–Trinajstić information content (AvgIpc) is 1.85. The van der Waals surface area contributed by atoms with Crippen molar-refractivity contribution in [1.82, 2.24) is 0 Å². The molecule has 12 heavy (non-hydrogen) atoms. The molecule has 1 unspecified atom stereocenters. The molecule has 0 aliphatic carbocycles. The van der Waals surface area contributed by atoms with Crippen LogP contribution in [0.15, 0.2) is 0 Å². The zero-order valence-corrected chi connectivity index (χ0v) is 6.59. The number of hydrogen-bond acceptors (Lipinski definition) is 0. The fourth-order valence-corrected chi connectivity index (χ4v) is 0.767. The first kappa shape index (κ1) is 11.6. The monoisotopic (exact) mass is 189 g/mol. The zero-order valence-electron chi connectivity index (χ0n) is 6.59. The molecule has 0 saturated heterocycles. The summed E-state index contributed by atoms with van der Waals surface area (Å²) in [6.45, 7) is 4.09. The molecule has 73 valence electrons. The molecule has 0 bridgehead atoms. The van der Waals surface area contributed by atoms with E-state index in [0.29, 0.717) is 0 Å². The van der Waals surface area contributed by atoms with Gasteiger partial charge < -0.3 is 0 Å². The standard InChI is InChI=1S/C7H10F5/c1-3-4-5(2)6(8,9)7(10,11)12/h5H,1,3-4H2,2H3. The molecule has 0 amide bonds. The highest BCUT2D eigenvalue weighted by Crippen LogP contribution is 2.42. The van der Waals surface area contributed by atoms with Crippen molar-refractivity contribution < 1.29 is 22.0 Å². The Morgan fingerprint density at radius 2 is 1.58 bits per heavy atom. The van der Waals surface area contributed by atoms with E-state index in [1.165, 1.54) is 0 Å². The van der Waals surface area contributed by atoms with Crippen molar-refractivity contribution in [1.29, 1.82) is 0 Å². The van der Waals surface area contributed by atoms with Crippen molar-refractivity contribution in [2.24, 2.45) is 5.92 Å². The van der Waals surface area contributed by atoms with Crippen LogP contribution in [0.1, 0.15) is 19.8 Å². The molecular formula is C7H10F5. The van der Waals surface area contributed by atoms with E-state index in [9.17, 15) is 22.0 Å². The Morgan fingerprint density at radius 1 is 1.17 bits per heavy atom. The molecule has 0 aliphatic heterocycles. The second-order valence-electron chi connectivity index (χ2n) is 2.66. The first-order chi connectivity index (χ1) is 5.23. The van der Waals surface area contributed by atoms with E-state index in [1.54, 1.807) is 0 Å². The van der Waals surface area contributed by atoms with Gasteiger partial charge in [0.05, 0.1) is 0 Å². The van der Waals surface area contributed by atoms with Crippen LogP contribution in [-0.2, 0) is 0 Å². The van der Waals surface area contributed by atoms with Gasteiger partial charge in [-0.05, 0) is 6.42 Å². The topological polar surface area (TPSA) is 0 Å². The minimum atomic E-state index is -5.44. The molecule has 0 fully saturated rings. The van der Waals surface area contributed by atoms with Gasteiger partial charge in [-0.15, -0.1) is 0 Å². The Morgan fingerprint density at radius 3 is 1.83 bits per heavy atom. The summed E-state index contributed by atoms with van der Waals surface area (Å²) in [5, 5.41) is 0. The van der Waals surface area contributed by atoms with Crippen molar-refractivity contribution >= 4 is 0 Å². The lowest BCUT2D eigenvalue weighted by molar-refractivity contribution is -0.301. The minimum absolute atomic E-state index is 0.0762. The zero-order chi connectivity index (χ0) is 9.99. The molecule has 0 aromatic carbocycles. The molecule has 0 aromatic rings. The first-order valence-electron chi connectivity index (χ1n) is 3.47. The van der Waals surface area contributed by atoms with E-state index >= 15 is 0 Å². The number of halogens is 5. The Hall–Kier alpha value is -0.350. The van der Waals surface area contributed by atoms with Gasteiger partial charge in [-0.25, -0.2) is 0 Å². The summed E-state index contributed by atoms with van der Waals surface area (Å²) in [7, 11) is 0. The molecule has 5 heteroatoms. The van der Waals surface area contributed by atoms with Gasteiger partial charge in [-0.1, -0.05) is 20.3 Å². The van der Waals surface area contributed by atoms with E-state index in [-0.39, 0.29) is 12.8 Å². The molecule has 0 rings (SSSR count). The Bertz CT molecular complexity index is 137. The lowest BCUT2D eigenvalue weighted by atomic mass is 9.98. The molecule has 0 aliphatic rings. The van der Waals surface area contributed by atoms with Gasteiger partial charge in [-0.2, -0.15) is 22.0 Å². The van der Waals surface area contributed by atoms with Crippen LogP contribution in [-0.4, -0.2) is 12.1 Å². The third kappa shape index (κ3) is 2.32. The number of alkyl halides is 5. The van der Waals surface area contributed by atoms with E-state index in [4.69, 9.17) is 0 Å². The smallest absolute Gasteiger partial charge is 0.196 e. The second-order valence-corrected chi connectivity index (χ2v) is 2.66. The summed E-state index contributed by atoms with van der Waals surface area (Å²) in [6, 6.07) is 0. The van der Waals surface area contributed by atoms with Crippen molar-refractivity contribution in [3.8, 4) is 0 Å². The highest BCUT2D eigenvalue weighted by Gasteiger charge is 2.60. The molecule has 1 atom stereocenters. The molecular weight excluding hydrogens is 179 g/mol. The maximum Gasteiger partial charge on any atom is 0.453 e. The van der Waals surface area contributed by atoms with Gasteiger partial charge in [0.2, 0.25) is 0 Å². The number of hydrogen-bond donors (Lipinski definition) is 0. The van der Waals surface area contributed by atoms with Gasteiger partial charge in [0.25, 0.3) is 0 Å². The largest absolute Gasteiger partial charge is 0.453 e. The maximum absolute atomic E-state index is 12.4. The summed E-state index contributed by atoms with van der Waals surface area (Å²) in [4.78, 5) is 0. The van der Waals surface area contributed by atoms with Crippen LogP contribution in [0, 0.1) is 12.8 Å². The van der Waals surface area contributed by atoms with E-state index in [0.717, 1.165) is 6.92 Å². The van der Waals surface area contributed by atoms with Crippen molar-refractivity contribution in [3.63, 3.8) is 0 Å². The van der Waals surface area contributed by atoms with Gasteiger partial charge in [-0.3, -0.25) is 0 Å². The van der Waals surface area contributed by atoms with Crippen LogP contribution >= 0.6 is 0 Å². The SMILES string of the molecule is [CH2]CCC(C)C(F)(F)C(F)(F)F. The molecule has 0 saturated carbocycles. The van der Waals surface area contributed by atoms with Crippen molar-refractivity contribution in [2.45, 2.75) is 31.9 Å². The third-order valence-electron chi connectivity index (χ3n) is 1.63. The fraction of sp³-hybridized carbons (Fsp3) is 0.857. The lowest BCUT2D eigenvalue weighted by Gasteiger charge is -2.25. The van der Waals surface area contributed by atoms with E-state index < -0.39 is 18.0 Å². The fourth-order valence-electron chi connectivity index (χ4n) is 0.767. The summed E-state index contributed by atoms with van der Waals surface area (Å²) in [5.41, 5.74) is 0. The van der Waals surface area contributed by atoms with Crippen LogP contribution in [0.4, 0.5) is 22.0 Å². The summed E-state index contributed by atoms with van der Waals surface area (Å²) in [6.07, 6.45) is -5.60. The highest BCUT2D eigenvalue weighted by molar-refractivity contribution is 4.81. The normalized spacial score (nSPS) is 16.2. The molecule has 0 N–H and O–H groups in total. The van der Waals surface area contributed by atoms with E-state index in [2.05, 4.69) is 6.92 Å². The van der Waals surface area contributed by atoms with Crippen LogP contribution in [0.5, 0.6) is 0 Å². The number of rotatable bonds is 3. The van der Waals surface area contributed by atoms with Crippen molar-refractivity contribution in [3.05, 3.63) is 6.92 Å². The molecule has 0 aromatic heterocycles. The maximum atomic E-state index is 12.4. The van der Waals surface area contributed by atoms with Gasteiger partial charge in [0.15, 0.2) is 0 Å².